The first-order chi connectivity index (χ1) is 16.9. The molecule has 0 unspecified atom stereocenters. The fourth-order valence-electron chi connectivity index (χ4n) is 4.12. The Morgan fingerprint density at radius 3 is 2.57 bits per heavy atom. The summed E-state index contributed by atoms with van der Waals surface area (Å²) in [5.41, 5.74) is 8.65. The van der Waals surface area contributed by atoms with E-state index >= 15 is 0 Å². The van der Waals surface area contributed by atoms with E-state index in [9.17, 15) is 4.79 Å². The van der Waals surface area contributed by atoms with Crippen LogP contribution in [0.15, 0.2) is 63.5 Å². The summed E-state index contributed by atoms with van der Waals surface area (Å²) in [4.78, 5) is 13.4. The summed E-state index contributed by atoms with van der Waals surface area (Å²) < 4.78 is 0. The Balaban J connectivity index is 2.10. The third kappa shape index (κ3) is 7.97. The van der Waals surface area contributed by atoms with E-state index in [0.717, 1.165) is 79.7 Å². The normalized spacial score (nSPS) is 15.8. The number of benzene rings is 1. The second kappa shape index (κ2) is 13.9. The summed E-state index contributed by atoms with van der Waals surface area (Å²) >= 11 is 14.4. The maximum absolute atomic E-state index is 13.4. The molecular formula is C28H35Cl2N3OS. The molecule has 2 N–H and O–H groups in total. The Kier molecular flexibility index (Phi) is 10.9. The fraction of sp³-hybridized carbons (Fsp3) is 0.393. The van der Waals surface area contributed by atoms with Gasteiger partial charge in [-0.1, -0.05) is 49.5 Å². The van der Waals surface area contributed by atoms with Gasteiger partial charge in [-0.2, -0.15) is 11.3 Å². The van der Waals surface area contributed by atoms with Crippen LogP contribution in [0, 0.1) is 0 Å². The SMILES string of the molecule is CC/C=C(C(=O)NN1CCCC1)/C(C)=C(Nc1ccc(Cl)cc1Cl)/C(=C/c1ccsc1)CCCC. The van der Waals surface area contributed by atoms with Crippen LogP contribution in [0.2, 0.25) is 10.0 Å². The van der Waals surface area contributed by atoms with E-state index < -0.39 is 0 Å². The number of unbranched alkanes of at least 4 members (excludes halogenated alkanes) is 1. The molecule has 0 bridgehead atoms. The summed E-state index contributed by atoms with van der Waals surface area (Å²) in [6, 6.07) is 7.55. The van der Waals surface area contributed by atoms with Gasteiger partial charge in [-0.3, -0.25) is 10.2 Å². The summed E-state index contributed by atoms with van der Waals surface area (Å²) in [7, 11) is 0. The predicted octanol–water partition coefficient (Wildman–Crippen LogP) is 8.48. The van der Waals surface area contributed by atoms with E-state index in [1.54, 1.807) is 17.4 Å². The number of thiophene rings is 1. The first-order valence-corrected chi connectivity index (χ1v) is 14.0. The minimum absolute atomic E-state index is 0.0712. The average Bonchev–Trinajstić information content (AvgIpc) is 3.54. The number of hydrogen-bond donors (Lipinski definition) is 2. The highest BCUT2D eigenvalue weighted by Crippen LogP contribution is 2.33. The van der Waals surface area contributed by atoms with E-state index in [4.69, 9.17) is 23.2 Å². The zero-order valence-electron chi connectivity index (χ0n) is 20.8. The van der Waals surface area contributed by atoms with E-state index in [-0.39, 0.29) is 5.91 Å². The number of anilines is 1. The summed E-state index contributed by atoms with van der Waals surface area (Å²) in [5.74, 6) is -0.0712. The highest BCUT2D eigenvalue weighted by molar-refractivity contribution is 7.08. The number of hydrazine groups is 1. The molecule has 188 valence electrons. The largest absolute Gasteiger partial charge is 0.354 e. The van der Waals surface area contributed by atoms with Crippen LogP contribution in [-0.2, 0) is 4.79 Å². The van der Waals surface area contributed by atoms with Gasteiger partial charge < -0.3 is 5.32 Å². The van der Waals surface area contributed by atoms with Crippen molar-refractivity contribution in [3.05, 3.63) is 79.1 Å². The van der Waals surface area contributed by atoms with Crippen LogP contribution in [0.1, 0.15) is 64.9 Å². The van der Waals surface area contributed by atoms with Crippen LogP contribution in [0.5, 0.6) is 0 Å². The van der Waals surface area contributed by atoms with Gasteiger partial charge >= 0.3 is 0 Å². The van der Waals surface area contributed by atoms with E-state index in [2.05, 4.69) is 47.5 Å². The van der Waals surface area contributed by atoms with Crippen molar-refractivity contribution in [3.63, 3.8) is 0 Å². The van der Waals surface area contributed by atoms with Crippen LogP contribution < -0.4 is 10.7 Å². The zero-order valence-corrected chi connectivity index (χ0v) is 23.1. The molecule has 0 radical (unpaired) electrons. The summed E-state index contributed by atoms with van der Waals surface area (Å²) in [5, 5.41) is 10.9. The van der Waals surface area contributed by atoms with Crippen molar-refractivity contribution < 1.29 is 4.79 Å². The number of hydrogen-bond acceptors (Lipinski definition) is 4. The number of halogens is 2. The van der Waals surface area contributed by atoms with Gasteiger partial charge in [0.25, 0.3) is 5.91 Å². The van der Waals surface area contributed by atoms with Gasteiger partial charge in [-0.25, -0.2) is 5.01 Å². The molecule has 4 nitrogen and oxygen atoms in total. The maximum Gasteiger partial charge on any atom is 0.265 e. The van der Waals surface area contributed by atoms with Gasteiger partial charge in [0.05, 0.1) is 10.7 Å². The Morgan fingerprint density at radius 1 is 1.17 bits per heavy atom. The van der Waals surface area contributed by atoms with Gasteiger partial charge in [0.2, 0.25) is 0 Å². The summed E-state index contributed by atoms with van der Waals surface area (Å²) in [6.07, 6.45) is 10.2. The molecule has 0 aliphatic carbocycles. The Labute approximate surface area is 223 Å². The third-order valence-corrected chi connectivity index (χ3v) is 7.24. The lowest BCUT2D eigenvalue weighted by atomic mass is 9.95. The zero-order chi connectivity index (χ0) is 25.2. The Bertz CT molecular complexity index is 1080. The number of nitrogens with zero attached hydrogens (tertiary/aromatic N) is 1. The fourth-order valence-corrected chi connectivity index (χ4v) is 5.20. The minimum atomic E-state index is -0.0712. The predicted molar refractivity (Wildman–Crippen MR) is 152 cm³/mol. The quantitative estimate of drug-likeness (QED) is 0.225. The number of amides is 1. The van der Waals surface area contributed by atoms with Gasteiger partial charge in [0, 0.05) is 29.4 Å². The van der Waals surface area contributed by atoms with Crippen molar-refractivity contribution in [1.29, 1.82) is 0 Å². The van der Waals surface area contributed by atoms with Gasteiger partial charge in [0.1, 0.15) is 0 Å². The molecule has 2 aromatic rings. The second-order valence-electron chi connectivity index (χ2n) is 8.74. The van der Waals surface area contributed by atoms with Crippen molar-refractivity contribution in [3.8, 4) is 0 Å². The molecule has 1 amide bonds. The molecule has 1 aromatic carbocycles. The number of rotatable bonds is 11. The standard InChI is InChI=1S/C28H35Cl2N3OS/c1-4-6-10-22(17-21-13-16-35-19-21)27(31-26-12-11-23(29)18-25(26)30)20(3)24(9-5-2)28(34)32-33-14-7-8-15-33/h9,11-13,16-19,31H,4-8,10,14-15H2,1-3H3,(H,32,34)/b22-17+,24-9-,27-20-. The molecule has 0 spiro atoms. The number of allylic oxidation sites excluding steroid dienone is 2. The van der Waals surface area contributed by atoms with Crippen molar-refractivity contribution in [2.45, 2.75) is 59.3 Å². The number of carbonyl (C=O) groups is 1. The highest BCUT2D eigenvalue weighted by Gasteiger charge is 2.21. The first kappa shape index (κ1) is 27.5. The number of nitrogens with one attached hydrogen (secondary N) is 2. The lowest BCUT2D eigenvalue weighted by Crippen LogP contribution is -2.41. The Hall–Kier alpha value is -2.05. The molecule has 0 saturated carbocycles. The van der Waals surface area contributed by atoms with Crippen LogP contribution in [0.3, 0.4) is 0 Å². The van der Waals surface area contributed by atoms with Crippen molar-refractivity contribution in [2.24, 2.45) is 0 Å². The van der Waals surface area contributed by atoms with Crippen LogP contribution in [-0.4, -0.2) is 24.0 Å². The molecular weight excluding hydrogens is 497 g/mol. The van der Waals surface area contributed by atoms with Crippen LogP contribution in [0.25, 0.3) is 6.08 Å². The van der Waals surface area contributed by atoms with Gasteiger partial charge in [-0.05, 0) is 96.8 Å². The van der Waals surface area contributed by atoms with Crippen molar-refractivity contribution in [2.75, 3.05) is 18.4 Å². The topological polar surface area (TPSA) is 44.4 Å². The molecule has 0 atom stereocenters. The van der Waals surface area contributed by atoms with Gasteiger partial charge in [0.15, 0.2) is 0 Å². The molecule has 7 heteroatoms. The molecule has 1 aliphatic heterocycles. The van der Waals surface area contributed by atoms with E-state index in [0.29, 0.717) is 15.6 Å². The third-order valence-electron chi connectivity index (χ3n) is 5.99. The van der Waals surface area contributed by atoms with E-state index in [1.807, 2.05) is 30.1 Å². The van der Waals surface area contributed by atoms with Crippen molar-refractivity contribution >= 4 is 52.2 Å². The molecule has 3 rings (SSSR count). The summed E-state index contributed by atoms with van der Waals surface area (Å²) in [6.45, 7) is 8.04. The molecule has 1 aliphatic rings. The highest BCUT2D eigenvalue weighted by atomic mass is 35.5. The van der Waals surface area contributed by atoms with Crippen molar-refractivity contribution in [1.82, 2.24) is 10.4 Å². The van der Waals surface area contributed by atoms with Crippen LogP contribution >= 0.6 is 34.5 Å². The molecule has 35 heavy (non-hydrogen) atoms. The smallest absolute Gasteiger partial charge is 0.265 e. The monoisotopic (exact) mass is 531 g/mol. The van der Waals surface area contributed by atoms with Crippen LogP contribution in [0.4, 0.5) is 5.69 Å². The lowest BCUT2D eigenvalue weighted by molar-refractivity contribution is -0.121. The molecule has 2 heterocycles. The van der Waals surface area contributed by atoms with E-state index in [1.165, 1.54) is 0 Å². The average molecular weight is 533 g/mol. The first-order valence-electron chi connectivity index (χ1n) is 12.4. The molecule has 1 saturated heterocycles. The second-order valence-corrected chi connectivity index (χ2v) is 10.4. The number of carbonyl (C=O) groups excluding carboxylic acids is 1. The molecule has 1 aromatic heterocycles. The maximum atomic E-state index is 13.4. The van der Waals surface area contributed by atoms with Gasteiger partial charge in [-0.15, -0.1) is 0 Å². The minimum Gasteiger partial charge on any atom is -0.354 e. The Morgan fingerprint density at radius 2 is 1.94 bits per heavy atom. The lowest BCUT2D eigenvalue weighted by Gasteiger charge is -2.23. The molecule has 1 fully saturated rings.